The van der Waals surface area contributed by atoms with Gasteiger partial charge in [-0.15, -0.1) is 11.3 Å². The fourth-order valence-electron chi connectivity index (χ4n) is 1.14. The first-order valence-corrected chi connectivity index (χ1v) is 6.69. The molecule has 0 radical (unpaired) electrons. The zero-order chi connectivity index (χ0) is 10.7. The van der Waals surface area contributed by atoms with Crippen LogP contribution in [0.1, 0.15) is 5.56 Å². The minimum atomic E-state index is 0.573. The first-order valence-electron chi connectivity index (χ1n) is 4.36. The number of rotatable bonds is 3. The summed E-state index contributed by atoms with van der Waals surface area (Å²) in [5.74, 6) is 0.917. The van der Waals surface area contributed by atoms with Crippen LogP contribution in [-0.4, -0.2) is 0 Å². The Hall–Kier alpha value is -0.260. The number of hydrogen-bond donors (Lipinski definition) is 0. The van der Waals surface area contributed by atoms with Crippen LogP contribution in [0, 0.1) is 3.57 Å². The summed E-state index contributed by atoms with van der Waals surface area (Å²) in [4.78, 5) is 0. The predicted molar refractivity (Wildman–Crippen MR) is 72.8 cm³/mol. The summed E-state index contributed by atoms with van der Waals surface area (Å²) in [5, 5.41) is 2.01. The molecule has 0 atom stereocenters. The fraction of sp³-hybridized carbons (Fsp3) is 0.0909. The van der Waals surface area contributed by atoms with Crippen molar-refractivity contribution in [2.75, 3.05) is 0 Å². The van der Waals surface area contributed by atoms with Gasteiger partial charge in [0.2, 0.25) is 0 Å². The topological polar surface area (TPSA) is 9.23 Å². The molecule has 1 nitrogen and oxygen atoms in total. The minimum Gasteiger partial charge on any atom is -0.488 e. The molecule has 0 fully saturated rings. The van der Waals surface area contributed by atoms with Gasteiger partial charge >= 0.3 is 0 Å². The van der Waals surface area contributed by atoms with Crippen molar-refractivity contribution in [1.82, 2.24) is 0 Å². The second kappa shape index (κ2) is 5.18. The van der Waals surface area contributed by atoms with E-state index in [4.69, 9.17) is 16.3 Å². The van der Waals surface area contributed by atoms with Gasteiger partial charge in [-0.2, -0.15) is 0 Å². The van der Waals surface area contributed by atoms with Crippen molar-refractivity contribution in [3.63, 3.8) is 0 Å². The molecule has 2 rings (SSSR count). The van der Waals surface area contributed by atoms with Crippen molar-refractivity contribution in [2.45, 2.75) is 6.61 Å². The van der Waals surface area contributed by atoms with Gasteiger partial charge in [0.1, 0.15) is 12.4 Å². The lowest BCUT2D eigenvalue weighted by atomic mass is 10.3. The van der Waals surface area contributed by atoms with Gasteiger partial charge in [0.15, 0.2) is 0 Å². The van der Waals surface area contributed by atoms with Crippen LogP contribution < -0.4 is 4.74 Å². The molecular weight excluding hydrogens is 343 g/mol. The Kier molecular flexibility index (Phi) is 3.88. The van der Waals surface area contributed by atoms with Gasteiger partial charge in [0.25, 0.3) is 0 Å². The number of hydrogen-bond acceptors (Lipinski definition) is 2. The van der Waals surface area contributed by atoms with Crippen LogP contribution in [0.15, 0.2) is 35.7 Å². The van der Waals surface area contributed by atoms with E-state index in [1.807, 2.05) is 35.7 Å². The molecule has 0 amide bonds. The third-order valence-corrected chi connectivity index (χ3v) is 3.88. The van der Waals surface area contributed by atoms with Gasteiger partial charge in [-0.1, -0.05) is 23.7 Å². The number of para-hydroxylation sites is 1. The molecule has 0 aliphatic carbocycles. The molecule has 4 heteroatoms. The largest absolute Gasteiger partial charge is 0.488 e. The van der Waals surface area contributed by atoms with Gasteiger partial charge < -0.3 is 4.74 Å². The quantitative estimate of drug-likeness (QED) is 0.736. The van der Waals surface area contributed by atoms with Gasteiger partial charge in [-0.05, 0) is 46.2 Å². The highest BCUT2D eigenvalue weighted by atomic mass is 127. The monoisotopic (exact) mass is 350 g/mol. The standard InChI is InChI=1S/C11H8ClIOS/c12-11-5-8(7-15-11)6-14-10-4-2-1-3-9(10)13/h1-5,7H,6H2. The lowest BCUT2D eigenvalue weighted by molar-refractivity contribution is 0.304. The maximum Gasteiger partial charge on any atom is 0.133 e. The average Bonchev–Trinajstić information content (AvgIpc) is 2.63. The highest BCUT2D eigenvalue weighted by Gasteiger charge is 2.01. The molecule has 0 spiro atoms. The first kappa shape index (κ1) is 11.2. The van der Waals surface area contributed by atoms with E-state index in [0.29, 0.717) is 6.61 Å². The van der Waals surface area contributed by atoms with Crippen molar-refractivity contribution < 1.29 is 4.74 Å². The number of benzene rings is 1. The number of ether oxygens (including phenoxy) is 1. The van der Waals surface area contributed by atoms with E-state index in [0.717, 1.165) is 19.2 Å². The Labute approximate surface area is 111 Å². The third-order valence-electron chi connectivity index (χ3n) is 1.85. The zero-order valence-electron chi connectivity index (χ0n) is 7.74. The molecule has 2 aromatic rings. The average molecular weight is 351 g/mol. The van der Waals surface area contributed by atoms with Crippen molar-refractivity contribution in [3.05, 3.63) is 49.2 Å². The maximum absolute atomic E-state index is 5.83. The summed E-state index contributed by atoms with van der Waals surface area (Å²) in [6.07, 6.45) is 0. The summed E-state index contributed by atoms with van der Waals surface area (Å²) >= 11 is 9.62. The van der Waals surface area contributed by atoms with Crippen LogP contribution in [-0.2, 0) is 6.61 Å². The van der Waals surface area contributed by atoms with Crippen molar-refractivity contribution in [1.29, 1.82) is 0 Å². The Bertz CT molecular complexity index is 455. The molecular formula is C11H8ClIOS. The Morgan fingerprint density at radius 3 is 2.80 bits per heavy atom. The second-order valence-electron chi connectivity index (χ2n) is 2.98. The predicted octanol–water partition coefficient (Wildman–Crippen LogP) is 4.59. The molecule has 78 valence electrons. The lowest BCUT2D eigenvalue weighted by Crippen LogP contribution is -1.94. The first-order chi connectivity index (χ1) is 7.25. The summed E-state index contributed by atoms with van der Waals surface area (Å²) in [5.41, 5.74) is 1.12. The highest BCUT2D eigenvalue weighted by molar-refractivity contribution is 14.1. The summed E-state index contributed by atoms with van der Waals surface area (Å²) in [6.45, 7) is 0.573. The van der Waals surface area contributed by atoms with Gasteiger partial charge in [-0.3, -0.25) is 0 Å². The highest BCUT2D eigenvalue weighted by Crippen LogP contribution is 2.24. The Balaban J connectivity index is 2.02. The molecule has 0 N–H and O–H groups in total. The zero-order valence-corrected chi connectivity index (χ0v) is 11.5. The van der Waals surface area contributed by atoms with Crippen LogP contribution in [0.5, 0.6) is 5.75 Å². The molecule has 0 aliphatic rings. The van der Waals surface area contributed by atoms with Crippen LogP contribution in [0.3, 0.4) is 0 Å². The van der Waals surface area contributed by atoms with Gasteiger partial charge in [0.05, 0.1) is 7.91 Å². The summed E-state index contributed by atoms with van der Waals surface area (Å²) < 4.78 is 7.60. The van der Waals surface area contributed by atoms with Crippen molar-refractivity contribution in [3.8, 4) is 5.75 Å². The van der Waals surface area contributed by atoms with Crippen LogP contribution in [0.4, 0.5) is 0 Å². The molecule has 1 aromatic heterocycles. The molecule has 1 aromatic carbocycles. The number of halogens is 2. The van der Waals surface area contributed by atoms with Gasteiger partial charge in [-0.25, -0.2) is 0 Å². The SMILES string of the molecule is Clc1cc(COc2ccccc2I)cs1. The third kappa shape index (κ3) is 3.09. The van der Waals surface area contributed by atoms with E-state index < -0.39 is 0 Å². The Morgan fingerprint density at radius 1 is 1.33 bits per heavy atom. The van der Waals surface area contributed by atoms with E-state index in [1.54, 1.807) is 0 Å². The van der Waals surface area contributed by atoms with E-state index in [9.17, 15) is 0 Å². The summed E-state index contributed by atoms with van der Waals surface area (Å²) in [7, 11) is 0. The lowest BCUT2D eigenvalue weighted by Gasteiger charge is -2.06. The van der Waals surface area contributed by atoms with Crippen molar-refractivity contribution in [2.24, 2.45) is 0 Å². The molecule has 0 saturated heterocycles. The van der Waals surface area contributed by atoms with E-state index >= 15 is 0 Å². The number of thiophene rings is 1. The molecule has 0 saturated carbocycles. The van der Waals surface area contributed by atoms with Gasteiger partial charge in [0, 0.05) is 5.56 Å². The maximum atomic E-state index is 5.83. The van der Waals surface area contributed by atoms with Crippen LogP contribution >= 0.6 is 45.5 Å². The molecule has 0 aliphatic heterocycles. The fourth-order valence-corrected chi connectivity index (χ4v) is 2.58. The Morgan fingerprint density at radius 2 is 2.13 bits per heavy atom. The van der Waals surface area contributed by atoms with E-state index in [2.05, 4.69) is 22.6 Å². The van der Waals surface area contributed by atoms with E-state index in [1.165, 1.54) is 11.3 Å². The van der Waals surface area contributed by atoms with E-state index in [-0.39, 0.29) is 0 Å². The summed E-state index contributed by atoms with van der Waals surface area (Å²) in [6, 6.07) is 9.89. The normalized spacial score (nSPS) is 10.3. The molecule has 15 heavy (non-hydrogen) atoms. The molecule has 1 heterocycles. The van der Waals surface area contributed by atoms with Crippen LogP contribution in [0.25, 0.3) is 0 Å². The van der Waals surface area contributed by atoms with Crippen LogP contribution in [0.2, 0.25) is 4.34 Å². The smallest absolute Gasteiger partial charge is 0.133 e. The second-order valence-corrected chi connectivity index (χ2v) is 5.68. The molecule has 0 unspecified atom stereocenters. The molecule has 0 bridgehead atoms. The minimum absolute atomic E-state index is 0.573. The van der Waals surface area contributed by atoms with Crippen molar-refractivity contribution >= 4 is 45.5 Å².